The number of rotatable bonds is 9. The average Bonchev–Trinajstić information content (AvgIpc) is 2.25. The molecule has 0 aromatic heterocycles. The Morgan fingerprint density at radius 1 is 1.19 bits per heavy atom. The summed E-state index contributed by atoms with van der Waals surface area (Å²) < 4.78 is 0. The monoisotopic (exact) mass is 229 g/mol. The van der Waals surface area contributed by atoms with Gasteiger partial charge in [-0.05, 0) is 19.3 Å². The fourth-order valence-corrected chi connectivity index (χ4v) is 1.50. The number of nitrogens with one attached hydrogen (secondary N) is 1. The zero-order valence-electron chi connectivity index (χ0n) is 10.3. The number of carboxylic acids is 1. The van der Waals surface area contributed by atoms with E-state index in [1.807, 2.05) is 13.8 Å². The molecule has 0 saturated carbocycles. The number of aliphatic carboxylic acids is 1. The molecule has 0 radical (unpaired) electrons. The summed E-state index contributed by atoms with van der Waals surface area (Å²) in [5.41, 5.74) is 0. The maximum atomic E-state index is 11.3. The zero-order chi connectivity index (χ0) is 12.4. The van der Waals surface area contributed by atoms with Gasteiger partial charge < -0.3 is 10.4 Å². The molecule has 0 spiro atoms. The second-order valence-corrected chi connectivity index (χ2v) is 4.07. The van der Waals surface area contributed by atoms with E-state index in [2.05, 4.69) is 5.32 Å². The van der Waals surface area contributed by atoms with Gasteiger partial charge in [0, 0.05) is 13.0 Å². The third-order valence-electron chi connectivity index (χ3n) is 2.55. The molecule has 4 nitrogen and oxygen atoms in total. The van der Waals surface area contributed by atoms with Crippen LogP contribution in [0.5, 0.6) is 0 Å². The smallest absolute Gasteiger partial charge is 0.306 e. The van der Waals surface area contributed by atoms with Crippen molar-refractivity contribution < 1.29 is 14.7 Å². The van der Waals surface area contributed by atoms with Gasteiger partial charge in [-0.3, -0.25) is 9.59 Å². The molecule has 0 aliphatic heterocycles. The molecule has 4 heteroatoms. The average molecular weight is 229 g/mol. The minimum atomic E-state index is -0.781. The first-order valence-electron chi connectivity index (χ1n) is 6.11. The molecule has 2 N–H and O–H groups in total. The van der Waals surface area contributed by atoms with Crippen molar-refractivity contribution in [2.75, 3.05) is 6.54 Å². The van der Waals surface area contributed by atoms with Gasteiger partial charge in [0.15, 0.2) is 0 Å². The molecule has 0 bridgehead atoms. The summed E-state index contributed by atoms with van der Waals surface area (Å²) in [4.78, 5) is 22.2. The van der Waals surface area contributed by atoms with Crippen molar-refractivity contribution in [3.8, 4) is 0 Å². The van der Waals surface area contributed by atoms with E-state index in [9.17, 15) is 9.59 Å². The summed E-state index contributed by atoms with van der Waals surface area (Å²) >= 11 is 0. The van der Waals surface area contributed by atoms with Crippen LogP contribution in [-0.4, -0.2) is 23.5 Å². The van der Waals surface area contributed by atoms with Crippen molar-refractivity contribution in [1.82, 2.24) is 5.32 Å². The molecule has 0 aliphatic rings. The normalized spacial score (nSPS) is 12.1. The molecule has 0 unspecified atom stereocenters. The van der Waals surface area contributed by atoms with Crippen LogP contribution in [0.3, 0.4) is 0 Å². The van der Waals surface area contributed by atoms with Crippen LogP contribution >= 0.6 is 0 Å². The molecule has 0 aromatic rings. The van der Waals surface area contributed by atoms with Crippen molar-refractivity contribution in [3.05, 3.63) is 0 Å². The third-order valence-corrected chi connectivity index (χ3v) is 2.55. The standard InChI is InChI=1S/C12H23NO3/c1-3-5-6-10(12(15)16)7-8-11(14)13-9-4-2/h10H,3-9H2,1-2H3,(H,13,14)(H,15,16)/t10-/m0/s1. The van der Waals surface area contributed by atoms with Gasteiger partial charge in [-0.25, -0.2) is 0 Å². The summed E-state index contributed by atoms with van der Waals surface area (Å²) in [6.07, 6.45) is 4.25. The largest absolute Gasteiger partial charge is 0.481 e. The Balaban J connectivity index is 3.82. The van der Waals surface area contributed by atoms with Crippen molar-refractivity contribution in [2.24, 2.45) is 5.92 Å². The second kappa shape index (κ2) is 9.19. The van der Waals surface area contributed by atoms with E-state index in [0.29, 0.717) is 25.8 Å². The number of amides is 1. The Kier molecular flexibility index (Phi) is 8.58. The molecule has 0 aliphatic carbocycles. The minimum Gasteiger partial charge on any atom is -0.481 e. The van der Waals surface area contributed by atoms with Crippen LogP contribution in [0.2, 0.25) is 0 Å². The maximum absolute atomic E-state index is 11.3. The van der Waals surface area contributed by atoms with Gasteiger partial charge in [0.05, 0.1) is 5.92 Å². The summed E-state index contributed by atoms with van der Waals surface area (Å²) in [6, 6.07) is 0. The van der Waals surface area contributed by atoms with Gasteiger partial charge in [0.25, 0.3) is 0 Å². The lowest BCUT2D eigenvalue weighted by molar-refractivity contribution is -0.142. The lowest BCUT2D eigenvalue weighted by Crippen LogP contribution is -2.25. The fraction of sp³-hybridized carbons (Fsp3) is 0.833. The van der Waals surface area contributed by atoms with E-state index in [1.165, 1.54) is 0 Å². The number of carbonyl (C=O) groups is 2. The summed E-state index contributed by atoms with van der Waals surface area (Å²) in [5, 5.41) is 11.7. The Bertz CT molecular complexity index is 216. The minimum absolute atomic E-state index is 0.0374. The predicted molar refractivity (Wildman–Crippen MR) is 63.2 cm³/mol. The Morgan fingerprint density at radius 3 is 2.38 bits per heavy atom. The van der Waals surface area contributed by atoms with Gasteiger partial charge in [-0.1, -0.05) is 26.7 Å². The molecule has 0 aromatic carbocycles. The first-order valence-corrected chi connectivity index (χ1v) is 6.11. The van der Waals surface area contributed by atoms with Gasteiger partial charge in [0.2, 0.25) is 5.91 Å². The first kappa shape index (κ1) is 14.9. The van der Waals surface area contributed by atoms with Gasteiger partial charge in [0.1, 0.15) is 0 Å². The van der Waals surface area contributed by atoms with E-state index in [-0.39, 0.29) is 11.8 Å². The highest BCUT2D eigenvalue weighted by atomic mass is 16.4. The Morgan fingerprint density at radius 2 is 1.88 bits per heavy atom. The number of carbonyl (C=O) groups excluding carboxylic acids is 1. The second-order valence-electron chi connectivity index (χ2n) is 4.07. The third kappa shape index (κ3) is 7.26. The SMILES string of the molecule is CCCC[C@@H](CCC(=O)NCCC)C(=O)O. The molecule has 16 heavy (non-hydrogen) atoms. The first-order chi connectivity index (χ1) is 7.61. The van der Waals surface area contributed by atoms with Gasteiger partial charge in [-0.2, -0.15) is 0 Å². The van der Waals surface area contributed by atoms with Crippen molar-refractivity contribution in [3.63, 3.8) is 0 Å². The molecular formula is C12H23NO3. The van der Waals surface area contributed by atoms with Crippen molar-refractivity contribution >= 4 is 11.9 Å². The maximum Gasteiger partial charge on any atom is 0.306 e. The van der Waals surface area contributed by atoms with Crippen LogP contribution in [0.1, 0.15) is 52.4 Å². The summed E-state index contributed by atoms with van der Waals surface area (Å²) in [7, 11) is 0. The highest BCUT2D eigenvalue weighted by molar-refractivity contribution is 5.77. The van der Waals surface area contributed by atoms with Crippen LogP contribution in [-0.2, 0) is 9.59 Å². The quantitative estimate of drug-likeness (QED) is 0.637. The van der Waals surface area contributed by atoms with Crippen LogP contribution in [0.25, 0.3) is 0 Å². The van der Waals surface area contributed by atoms with Crippen molar-refractivity contribution in [1.29, 1.82) is 0 Å². The van der Waals surface area contributed by atoms with E-state index >= 15 is 0 Å². The molecule has 0 heterocycles. The van der Waals surface area contributed by atoms with Crippen LogP contribution in [0.15, 0.2) is 0 Å². The van der Waals surface area contributed by atoms with E-state index in [1.54, 1.807) is 0 Å². The zero-order valence-corrected chi connectivity index (χ0v) is 10.3. The predicted octanol–water partition coefficient (Wildman–Crippen LogP) is 2.18. The van der Waals surface area contributed by atoms with Crippen LogP contribution < -0.4 is 5.32 Å². The molecule has 94 valence electrons. The van der Waals surface area contributed by atoms with Crippen LogP contribution in [0, 0.1) is 5.92 Å². The lowest BCUT2D eigenvalue weighted by Gasteiger charge is -2.11. The molecule has 0 saturated heterocycles. The number of unbranched alkanes of at least 4 members (excludes halogenated alkanes) is 1. The number of carboxylic acid groups (broad SMARTS) is 1. The highest BCUT2D eigenvalue weighted by Gasteiger charge is 2.17. The lowest BCUT2D eigenvalue weighted by atomic mass is 9.97. The van der Waals surface area contributed by atoms with Gasteiger partial charge >= 0.3 is 5.97 Å². The molecule has 0 fully saturated rings. The molecule has 0 rings (SSSR count). The Hall–Kier alpha value is -1.06. The summed E-state index contributed by atoms with van der Waals surface area (Å²) in [5.74, 6) is -1.19. The Labute approximate surface area is 97.4 Å². The van der Waals surface area contributed by atoms with E-state index in [4.69, 9.17) is 5.11 Å². The van der Waals surface area contributed by atoms with E-state index in [0.717, 1.165) is 19.3 Å². The molecule has 1 amide bonds. The van der Waals surface area contributed by atoms with Crippen LogP contribution in [0.4, 0.5) is 0 Å². The summed E-state index contributed by atoms with van der Waals surface area (Å²) in [6.45, 7) is 4.69. The highest BCUT2D eigenvalue weighted by Crippen LogP contribution is 2.15. The number of hydrogen-bond acceptors (Lipinski definition) is 2. The topological polar surface area (TPSA) is 66.4 Å². The fourth-order valence-electron chi connectivity index (χ4n) is 1.50. The number of hydrogen-bond donors (Lipinski definition) is 2. The molecular weight excluding hydrogens is 206 g/mol. The van der Waals surface area contributed by atoms with Gasteiger partial charge in [-0.15, -0.1) is 0 Å². The van der Waals surface area contributed by atoms with Crippen molar-refractivity contribution in [2.45, 2.75) is 52.4 Å². The molecule has 1 atom stereocenters. The van der Waals surface area contributed by atoms with E-state index < -0.39 is 5.97 Å².